The van der Waals surface area contributed by atoms with Crippen LogP contribution >= 0.6 is 11.6 Å². The molecular formula is C20H26ClNO2. The second-order valence-electron chi connectivity index (χ2n) is 5.93. The normalized spacial score (nSPS) is 10.9. The van der Waals surface area contributed by atoms with Crippen LogP contribution in [0.25, 0.3) is 0 Å². The molecule has 0 aliphatic rings. The average Bonchev–Trinajstić information content (AvgIpc) is 2.55. The first-order valence-corrected chi connectivity index (χ1v) is 8.83. The van der Waals surface area contributed by atoms with Gasteiger partial charge in [-0.1, -0.05) is 29.8 Å². The molecule has 0 bridgehead atoms. The number of hydrogen-bond donors (Lipinski definition) is 1. The lowest BCUT2D eigenvalue weighted by atomic mass is 10.1. The summed E-state index contributed by atoms with van der Waals surface area (Å²) >= 11 is 5.90. The molecule has 0 fully saturated rings. The van der Waals surface area contributed by atoms with Crippen LogP contribution in [0.2, 0.25) is 5.02 Å². The zero-order chi connectivity index (χ0) is 17.4. The SMILES string of the molecule is CCOc1cc(CNCCc2ccc(Cl)cc2)ccc1OC(C)C. The summed E-state index contributed by atoms with van der Waals surface area (Å²) in [4.78, 5) is 0. The fourth-order valence-corrected chi connectivity index (χ4v) is 2.52. The Bertz CT molecular complexity index is 626. The van der Waals surface area contributed by atoms with Crippen molar-refractivity contribution >= 4 is 11.6 Å². The molecule has 0 unspecified atom stereocenters. The van der Waals surface area contributed by atoms with Gasteiger partial charge in [0.05, 0.1) is 12.7 Å². The van der Waals surface area contributed by atoms with Gasteiger partial charge in [-0.2, -0.15) is 0 Å². The third kappa shape index (κ3) is 6.06. The first kappa shape index (κ1) is 18.6. The second kappa shape index (κ2) is 9.55. The summed E-state index contributed by atoms with van der Waals surface area (Å²) in [6.07, 6.45) is 1.11. The van der Waals surface area contributed by atoms with Gasteiger partial charge >= 0.3 is 0 Å². The third-order valence-corrected chi connectivity index (χ3v) is 3.76. The number of hydrogen-bond acceptors (Lipinski definition) is 3. The Morgan fingerprint density at radius 2 is 1.71 bits per heavy atom. The molecule has 0 aliphatic heterocycles. The summed E-state index contributed by atoms with van der Waals surface area (Å²) in [5.74, 6) is 1.61. The number of nitrogens with one attached hydrogen (secondary N) is 1. The molecule has 0 saturated carbocycles. The van der Waals surface area contributed by atoms with E-state index in [2.05, 4.69) is 29.6 Å². The molecule has 1 N–H and O–H groups in total. The minimum Gasteiger partial charge on any atom is -0.490 e. The predicted octanol–water partition coefficient (Wildman–Crippen LogP) is 4.86. The van der Waals surface area contributed by atoms with E-state index in [1.54, 1.807) is 0 Å². The Morgan fingerprint density at radius 1 is 1.00 bits per heavy atom. The second-order valence-corrected chi connectivity index (χ2v) is 6.37. The van der Waals surface area contributed by atoms with E-state index >= 15 is 0 Å². The van der Waals surface area contributed by atoms with Gasteiger partial charge in [-0.25, -0.2) is 0 Å². The first-order chi connectivity index (χ1) is 11.6. The quantitative estimate of drug-likeness (QED) is 0.657. The van der Waals surface area contributed by atoms with Crippen LogP contribution in [-0.4, -0.2) is 19.3 Å². The summed E-state index contributed by atoms with van der Waals surface area (Å²) in [6, 6.07) is 14.1. The number of rotatable bonds is 9. The van der Waals surface area contributed by atoms with E-state index in [9.17, 15) is 0 Å². The lowest BCUT2D eigenvalue weighted by molar-refractivity contribution is 0.223. The molecule has 0 aromatic heterocycles. The van der Waals surface area contributed by atoms with Crippen LogP contribution in [0.3, 0.4) is 0 Å². The van der Waals surface area contributed by atoms with E-state index in [1.165, 1.54) is 11.1 Å². The van der Waals surface area contributed by atoms with Crippen LogP contribution in [-0.2, 0) is 13.0 Å². The van der Waals surface area contributed by atoms with Gasteiger partial charge in [0.25, 0.3) is 0 Å². The zero-order valence-corrected chi connectivity index (χ0v) is 15.4. The van der Waals surface area contributed by atoms with Crippen molar-refractivity contribution in [2.45, 2.75) is 39.8 Å². The van der Waals surface area contributed by atoms with Crippen LogP contribution in [0.1, 0.15) is 31.9 Å². The van der Waals surface area contributed by atoms with Crippen molar-refractivity contribution in [1.82, 2.24) is 5.32 Å². The molecule has 2 aromatic carbocycles. The first-order valence-electron chi connectivity index (χ1n) is 8.46. The molecule has 24 heavy (non-hydrogen) atoms. The van der Waals surface area contributed by atoms with E-state index in [1.807, 2.05) is 39.0 Å². The largest absolute Gasteiger partial charge is 0.490 e. The van der Waals surface area contributed by atoms with E-state index in [0.717, 1.165) is 36.0 Å². The highest BCUT2D eigenvalue weighted by Gasteiger charge is 2.08. The smallest absolute Gasteiger partial charge is 0.161 e. The van der Waals surface area contributed by atoms with Crippen molar-refractivity contribution in [3.05, 3.63) is 58.6 Å². The van der Waals surface area contributed by atoms with Crippen molar-refractivity contribution in [2.24, 2.45) is 0 Å². The van der Waals surface area contributed by atoms with Crippen LogP contribution in [0.4, 0.5) is 0 Å². The van der Waals surface area contributed by atoms with Gasteiger partial charge in [-0.05, 0) is 69.1 Å². The number of ether oxygens (including phenoxy) is 2. The molecule has 0 amide bonds. The van der Waals surface area contributed by atoms with Gasteiger partial charge in [-0.15, -0.1) is 0 Å². The van der Waals surface area contributed by atoms with Gasteiger partial charge < -0.3 is 14.8 Å². The Kier molecular flexibility index (Phi) is 7.41. The van der Waals surface area contributed by atoms with Crippen molar-refractivity contribution in [3.63, 3.8) is 0 Å². The minimum atomic E-state index is 0.132. The van der Waals surface area contributed by atoms with Gasteiger partial charge in [-0.3, -0.25) is 0 Å². The number of benzene rings is 2. The van der Waals surface area contributed by atoms with Crippen LogP contribution in [0.5, 0.6) is 11.5 Å². The predicted molar refractivity (Wildman–Crippen MR) is 100 cm³/mol. The maximum absolute atomic E-state index is 5.90. The van der Waals surface area contributed by atoms with Crippen LogP contribution in [0, 0.1) is 0 Å². The van der Waals surface area contributed by atoms with Crippen LogP contribution < -0.4 is 14.8 Å². The highest BCUT2D eigenvalue weighted by atomic mass is 35.5. The van der Waals surface area contributed by atoms with Crippen molar-refractivity contribution in [3.8, 4) is 11.5 Å². The standard InChI is InChI=1S/C20H26ClNO2/c1-4-23-20-13-17(7-10-19(20)24-15(2)3)14-22-12-11-16-5-8-18(21)9-6-16/h5-10,13,15,22H,4,11-12,14H2,1-3H3. The zero-order valence-electron chi connectivity index (χ0n) is 14.6. The van der Waals surface area contributed by atoms with Gasteiger partial charge in [0.15, 0.2) is 11.5 Å². The summed E-state index contributed by atoms with van der Waals surface area (Å²) in [6.45, 7) is 8.35. The van der Waals surface area contributed by atoms with Crippen LogP contribution in [0.15, 0.2) is 42.5 Å². The summed E-state index contributed by atoms with van der Waals surface area (Å²) in [7, 11) is 0. The Balaban J connectivity index is 1.87. The molecule has 0 saturated heterocycles. The van der Waals surface area contributed by atoms with Gasteiger partial charge in [0.1, 0.15) is 0 Å². The molecule has 0 heterocycles. The van der Waals surface area contributed by atoms with E-state index in [4.69, 9.17) is 21.1 Å². The topological polar surface area (TPSA) is 30.5 Å². The Morgan fingerprint density at radius 3 is 2.38 bits per heavy atom. The molecule has 2 rings (SSSR count). The maximum Gasteiger partial charge on any atom is 0.161 e. The molecule has 0 aliphatic carbocycles. The minimum absolute atomic E-state index is 0.132. The molecule has 2 aromatic rings. The molecule has 3 nitrogen and oxygen atoms in total. The maximum atomic E-state index is 5.90. The summed E-state index contributed by atoms with van der Waals surface area (Å²) in [5.41, 5.74) is 2.47. The summed E-state index contributed by atoms with van der Waals surface area (Å²) in [5, 5.41) is 4.24. The van der Waals surface area contributed by atoms with E-state index in [-0.39, 0.29) is 6.10 Å². The summed E-state index contributed by atoms with van der Waals surface area (Å²) < 4.78 is 11.5. The number of halogens is 1. The molecule has 130 valence electrons. The van der Waals surface area contributed by atoms with Gasteiger partial charge in [0, 0.05) is 11.6 Å². The fourth-order valence-electron chi connectivity index (χ4n) is 2.40. The van der Waals surface area contributed by atoms with Gasteiger partial charge in [0.2, 0.25) is 0 Å². The lowest BCUT2D eigenvalue weighted by Crippen LogP contribution is -2.17. The monoisotopic (exact) mass is 347 g/mol. The van der Waals surface area contributed by atoms with E-state index in [0.29, 0.717) is 6.61 Å². The fraction of sp³-hybridized carbons (Fsp3) is 0.400. The molecule has 0 spiro atoms. The third-order valence-electron chi connectivity index (χ3n) is 3.50. The Hall–Kier alpha value is -1.71. The van der Waals surface area contributed by atoms with Crippen molar-refractivity contribution in [1.29, 1.82) is 0 Å². The van der Waals surface area contributed by atoms with Crippen molar-refractivity contribution < 1.29 is 9.47 Å². The highest BCUT2D eigenvalue weighted by Crippen LogP contribution is 2.29. The molecule has 4 heteroatoms. The molecular weight excluding hydrogens is 322 g/mol. The molecule has 0 radical (unpaired) electrons. The Labute approximate surface area is 149 Å². The average molecular weight is 348 g/mol. The van der Waals surface area contributed by atoms with Crippen molar-refractivity contribution in [2.75, 3.05) is 13.2 Å². The highest BCUT2D eigenvalue weighted by molar-refractivity contribution is 6.30. The lowest BCUT2D eigenvalue weighted by Gasteiger charge is -2.15. The molecule has 0 atom stereocenters. The van der Waals surface area contributed by atoms with E-state index < -0.39 is 0 Å².